The van der Waals surface area contributed by atoms with E-state index in [1.54, 1.807) is 12.1 Å². The molecule has 0 unspecified atom stereocenters. The third-order valence-electron chi connectivity index (χ3n) is 4.26. The first-order valence-electron chi connectivity index (χ1n) is 8.38. The highest BCUT2D eigenvalue weighted by Crippen LogP contribution is 2.33. The van der Waals surface area contributed by atoms with Gasteiger partial charge in [0.25, 0.3) is 0 Å². The summed E-state index contributed by atoms with van der Waals surface area (Å²) in [5.41, 5.74) is 0.909. The summed E-state index contributed by atoms with van der Waals surface area (Å²) in [4.78, 5) is 21.6. The Morgan fingerprint density at radius 2 is 1.80 bits per heavy atom. The number of nitro groups is 1. The van der Waals surface area contributed by atoms with E-state index in [0.717, 1.165) is 44.3 Å². The second-order valence-corrected chi connectivity index (χ2v) is 6.47. The summed E-state index contributed by atoms with van der Waals surface area (Å²) in [5, 5.41) is 15.4. The molecule has 0 saturated carbocycles. The van der Waals surface area contributed by atoms with E-state index >= 15 is 0 Å². The maximum Gasteiger partial charge on any atom is 0.353 e. The van der Waals surface area contributed by atoms with Crippen LogP contribution in [0.4, 0.5) is 17.3 Å². The molecule has 0 spiro atoms. The molecule has 1 N–H and O–H groups in total. The molecule has 1 aromatic carbocycles. The van der Waals surface area contributed by atoms with E-state index in [9.17, 15) is 10.1 Å². The number of aromatic nitrogens is 2. The number of hydrogen-bond donors (Lipinski definition) is 1. The zero-order valence-corrected chi connectivity index (χ0v) is 14.6. The van der Waals surface area contributed by atoms with Crippen LogP contribution in [0.15, 0.2) is 30.6 Å². The molecule has 7 nitrogen and oxygen atoms in total. The normalized spacial score (nSPS) is 14.8. The van der Waals surface area contributed by atoms with E-state index in [1.807, 2.05) is 17.0 Å². The van der Waals surface area contributed by atoms with Crippen LogP contribution in [0, 0.1) is 10.1 Å². The number of hydrogen-bond acceptors (Lipinski definition) is 6. The van der Waals surface area contributed by atoms with Gasteiger partial charge >= 0.3 is 5.69 Å². The standard InChI is InChI=1S/C17H20ClN5O2/c18-14-7-5-13(6-8-14)11-19-16-15(23(24)25)17(21-12-20-16)22-9-3-1-2-4-10-22/h5-8,12H,1-4,9-11H2,(H,19,20,21). The van der Waals surface area contributed by atoms with Crippen LogP contribution in [0.5, 0.6) is 0 Å². The minimum Gasteiger partial charge on any atom is -0.360 e. The van der Waals surface area contributed by atoms with Gasteiger partial charge in [-0.3, -0.25) is 10.1 Å². The van der Waals surface area contributed by atoms with Gasteiger partial charge in [-0.15, -0.1) is 0 Å². The Morgan fingerprint density at radius 1 is 1.12 bits per heavy atom. The molecule has 2 aromatic rings. The Balaban J connectivity index is 1.84. The highest BCUT2D eigenvalue weighted by molar-refractivity contribution is 6.30. The van der Waals surface area contributed by atoms with Crippen molar-refractivity contribution in [1.82, 2.24) is 9.97 Å². The summed E-state index contributed by atoms with van der Waals surface area (Å²) in [7, 11) is 0. The zero-order chi connectivity index (χ0) is 17.6. The monoisotopic (exact) mass is 361 g/mol. The second-order valence-electron chi connectivity index (χ2n) is 6.03. The first kappa shape index (κ1) is 17.4. The van der Waals surface area contributed by atoms with Crippen molar-refractivity contribution in [3.8, 4) is 0 Å². The minimum absolute atomic E-state index is 0.0571. The van der Waals surface area contributed by atoms with Gasteiger partial charge in [-0.05, 0) is 30.5 Å². The Kier molecular flexibility index (Phi) is 5.65. The Hall–Kier alpha value is -2.41. The van der Waals surface area contributed by atoms with Crippen molar-refractivity contribution >= 4 is 28.9 Å². The molecule has 1 aromatic heterocycles. The van der Waals surface area contributed by atoms with Gasteiger partial charge in [-0.2, -0.15) is 0 Å². The smallest absolute Gasteiger partial charge is 0.353 e. The Morgan fingerprint density at radius 3 is 2.44 bits per heavy atom. The number of rotatable bonds is 5. The summed E-state index contributed by atoms with van der Waals surface area (Å²) >= 11 is 5.88. The van der Waals surface area contributed by atoms with Crippen LogP contribution in [0.1, 0.15) is 31.2 Å². The summed E-state index contributed by atoms with van der Waals surface area (Å²) in [5.74, 6) is 0.648. The van der Waals surface area contributed by atoms with Gasteiger partial charge in [-0.25, -0.2) is 9.97 Å². The van der Waals surface area contributed by atoms with Gasteiger partial charge in [0.1, 0.15) is 6.33 Å². The lowest BCUT2D eigenvalue weighted by Gasteiger charge is -2.21. The van der Waals surface area contributed by atoms with E-state index in [2.05, 4.69) is 15.3 Å². The zero-order valence-electron chi connectivity index (χ0n) is 13.8. The molecule has 0 atom stereocenters. The fourth-order valence-corrected chi connectivity index (χ4v) is 3.09. The number of halogens is 1. The molecule has 132 valence electrons. The highest BCUT2D eigenvalue weighted by Gasteiger charge is 2.27. The molecule has 3 rings (SSSR count). The molecule has 1 fully saturated rings. The first-order chi connectivity index (χ1) is 12.1. The highest BCUT2D eigenvalue weighted by atomic mass is 35.5. The van der Waals surface area contributed by atoms with Crippen LogP contribution >= 0.6 is 11.6 Å². The molecule has 2 heterocycles. The molecule has 0 aliphatic carbocycles. The van der Waals surface area contributed by atoms with E-state index < -0.39 is 4.92 Å². The van der Waals surface area contributed by atoms with Crippen molar-refractivity contribution in [3.05, 3.63) is 51.3 Å². The van der Waals surface area contributed by atoms with Crippen LogP contribution in [0.2, 0.25) is 5.02 Å². The summed E-state index contributed by atoms with van der Waals surface area (Å²) < 4.78 is 0. The SMILES string of the molecule is O=[N+]([O-])c1c(NCc2ccc(Cl)cc2)ncnc1N1CCCCCC1. The van der Waals surface area contributed by atoms with Crippen LogP contribution in [-0.4, -0.2) is 28.0 Å². The van der Waals surface area contributed by atoms with Crippen LogP contribution in [0.25, 0.3) is 0 Å². The van der Waals surface area contributed by atoms with Crippen LogP contribution < -0.4 is 10.2 Å². The van der Waals surface area contributed by atoms with Crippen molar-refractivity contribution in [2.45, 2.75) is 32.2 Å². The first-order valence-corrected chi connectivity index (χ1v) is 8.75. The predicted molar refractivity (Wildman–Crippen MR) is 98.1 cm³/mol. The molecular formula is C17H20ClN5O2. The van der Waals surface area contributed by atoms with Crippen LogP contribution in [0.3, 0.4) is 0 Å². The topological polar surface area (TPSA) is 84.2 Å². The molecule has 1 aliphatic heterocycles. The second kappa shape index (κ2) is 8.11. The Bertz CT molecular complexity index is 730. The average Bonchev–Trinajstić information content (AvgIpc) is 2.90. The van der Waals surface area contributed by atoms with E-state index in [1.165, 1.54) is 6.33 Å². The summed E-state index contributed by atoms with van der Waals surface area (Å²) in [6, 6.07) is 7.32. The maximum absolute atomic E-state index is 11.7. The summed E-state index contributed by atoms with van der Waals surface area (Å²) in [6.07, 6.45) is 5.73. The molecule has 0 bridgehead atoms. The number of anilines is 2. The molecular weight excluding hydrogens is 342 g/mol. The number of nitrogens with one attached hydrogen (secondary N) is 1. The summed E-state index contributed by atoms with van der Waals surface area (Å²) in [6.45, 7) is 2.00. The molecule has 0 amide bonds. The fraction of sp³-hybridized carbons (Fsp3) is 0.412. The molecule has 1 aliphatic rings. The largest absolute Gasteiger partial charge is 0.360 e. The quantitative estimate of drug-likeness (QED) is 0.639. The lowest BCUT2D eigenvalue weighted by molar-refractivity contribution is -0.383. The third kappa shape index (κ3) is 4.36. The van der Waals surface area contributed by atoms with Crippen molar-refractivity contribution in [1.29, 1.82) is 0 Å². The Labute approximate surface area is 151 Å². The van der Waals surface area contributed by atoms with E-state index in [-0.39, 0.29) is 11.5 Å². The predicted octanol–water partition coefficient (Wildman–Crippen LogP) is 4.03. The van der Waals surface area contributed by atoms with Gasteiger partial charge in [0.05, 0.1) is 4.92 Å². The fourth-order valence-electron chi connectivity index (χ4n) is 2.97. The van der Waals surface area contributed by atoms with Crippen molar-refractivity contribution < 1.29 is 4.92 Å². The molecule has 1 saturated heterocycles. The molecule has 0 radical (unpaired) electrons. The van der Waals surface area contributed by atoms with Crippen molar-refractivity contribution in [2.75, 3.05) is 23.3 Å². The lowest BCUT2D eigenvalue weighted by atomic mass is 10.2. The van der Waals surface area contributed by atoms with Gasteiger partial charge in [0, 0.05) is 24.7 Å². The third-order valence-corrected chi connectivity index (χ3v) is 4.52. The lowest BCUT2D eigenvalue weighted by Crippen LogP contribution is -2.26. The number of benzene rings is 1. The van der Waals surface area contributed by atoms with E-state index in [4.69, 9.17) is 11.6 Å². The van der Waals surface area contributed by atoms with Crippen LogP contribution in [-0.2, 0) is 6.54 Å². The van der Waals surface area contributed by atoms with E-state index in [0.29, 0.717) is 17.4 Å². The van der Waals surface area contributed by atoms with Gasteiger partial charge in [-0.1, -0.05) is 36.6 Å². The van der Waals surface area contributed by atoms with Gasteiger partial charge < -0.3 is 10.2 Å². The molecule has 8 heteroatoms. The molecule has 25 heavy (non-hydrogen) atoms. The average molecular weight is 362 g/mol. The van der Waals surface area contributed by atoms with Crippen molar-refractivity contribution in [2.24, 2.45) is 0 Å². The van der Waals surface area contributed by atoms with Crippen molar-refractivity contribution in [3.63, 3.8) is 0 Å². The number of nitrogens with zero attached hydrogens (tertiary/aromatic N) is 4. The maximum atomic E-state index is 11.7. The minimum atomic E-state index is -0.398. The van der Waals surface area contributed by atoms with Gasteiger partial charge in [0.2, 0.25) is 11.6 Å². The van der Waals surface area contributed by atoms with Gasteiger partial charge in [0.15, 0.2) is 0 Å².